The van der Waals surface area contributed by atoms with Gasteiger partial charge in [-0.3, -0.25) is 0 Å². The molecule has 4 nitrogen and oxygen atoms in total. The van der Waals surface area contributed by atoms with E-state index < -0.39 is 0 Å². The topological polar surface area (TPSA) is 45.6 Å². The first-order valence-corrected chi connectivity index (χ1v) is 5.43. The summed E-state index contributed by atoms with van der Waals surface area (Å²) in [4.78, 5) is 14.9. The average molecular weight is 248 g/mol. The van der Waals surface area contributed by atoms with E-state index in [0.717, 1.165) is 5.56 Å². The van der Waals surface area contributed by atoms with Gasteiger partial charge in [0, 0.05) is 11.2 Å². The van der Waals surface area contributed by atoms with Crippen molar-refractivity contribution in [1.82, 2.24) is 4.98 Å². The summed E-state index contributed by atoms with van der Waals surface area (Å²) in [6, 6.07) is 12.6. The molecule has 17 heavy (non-hydrogen) atoms. The Balaban J connectivity index is 2.16. The van der Waals surface area contributed by atoms with Crippen molar-refractivity contribution >= 4 is 17.4 Å². The third kappa shape index (κ3) is 3.01. The highest BCUT2D eigenvalue weighted by atomic mass is 35.5. The van der Waals surface area contributed by atoms with E-state index in [-0.39, 0.29) is 0 Å². The van der Waals surface area contributed by atoms with Crippen molar-refractivity contribution < 1.29 is 0 Å². The highest BCUT2D eigenvalue weighted by Gasteiger charge is 2.07. The van der Waals surface area contributed by atoms with Gasteiger partial charge < -0.3 is 0 Å². The minimum Gasteiger partial charge on any atom is -0.237 e. The van der Waals surface area contributed by atoms with Gasteiger partial charge in [0.1, 0.15) is 0 Å². The van der Waals surface area contributed by atoms with E-state index in [9.17, 15) is 4.91 Å². The molecule has 0 N–H and O–H groups in total. The molecule has 0 aliphatic rings. The van der Waals surface area contributed by atoms with Gasteiger partial charge in [-0.2, -0.15) is 0 Å². The Hall–Kier alpha value is -1.94. The number of benzene rings is 1. The highest BCUT2D eigenvalue weighted by Crippen LogP contribution is 2.16. The van der Waals surface area contributed by atoms with Crippen LogP contribution in [-0.2, 0) is 6.54 Å². The van der Waals surface area contributed by atoms with Gasteiger partial charge >= 0.3 is 0 Å². The van der Waals surface area contributed by atoms with E-state index in [4.69, 9.17) is 11.6 Å². The van der Waals surface area contributed by atoms with Gasteiger partial charge in [0.25, 0.3) is 0 Å². The van der Waals surface area contributed by atoms with Gasteiger partial charge in [-0.25, -0.2) is 9.99 Å². The van der Waals surface area contributed by atoms with Gasteiger partial charge in [0.15, 0.2) is 5.82 Å². The lowest BCUT2D eigenvalue weighted by Gasteiger charge is -2.13. The van der Waals surface area contributed by atoms with Crippen molar-refractivity contribution in [3.8, 4) is 0 Å². The molecule has 0 spiro atoms. The smallest absolute Gasteiger partial charge is 0.152 e. The molecule has 0 amide bonds. The molecule has 2 aromatic rings. The molecular weight excluding hydrogens is 238 g/mol. The van der Waals surface area contributed by atoms with Crippen LogP contribution < -0.4 is 5.01 Å². The second kappa shape index (κ2) is 5.41. The molecule has 1 aromatic carbocycles. The van der Waals surface area contributed by atoms with Crippen LogP contribution in [0.2, 0.25) is 5.02 Å². The van der Waals surface area contributed by atoms with Crippen molar-refractivity contribution in [3.05, 3.63) is 64.2 Å². The predicted octanol–water partition coefficient (Wildman–Crippen LogP) is 3.42. The molecule has 2 rings (SSSR count). The zero-order valence-electron chi connectivity index (χ0n) is 8.95. The number of aromatic nitrogens is 1. The molecule has 0 saturated heterocycles. The molecule has 0 fully saturated rings. The van der Waals surface area contributed by atoms with E-state index in [1.165, 1.54) is 5.01 Å². The normalized spacial score (nSPS) is 9.94. The number of pyridine rings is 1. The summed E-state index contributed by atoms with van der Waals surface area (Å²) in [6.07, 6.45) is 1.62. The Kier molecular flexibility index (Phi) is 3.67. The van der Waals surface area contributed by atoms with E-state index >= 15 is 0 Å². The van der Waals surface area contributed by atoms with Crippen LogP contribution in [-0.4, -0.2) is 4.98 Å². The number of nitrogens with zero attached hydrogens (tertiary/aromatic N) is 3. The molecule has 1 aromatic heterocycles. The van der Waals surface area contributed by atoms with Crippen LogP contribution in [0.1, 0.15) is 5.56 Å². The van der Waals surface area contributed by atoms with Crippen LogP contribution in [0.5, 0.6) is 0 Å². The lowest BCUT2D eigenvalue weighted by molar-refractivity contribution is 0.827. The standard InChI is InChI=1S/C12H10ClN3O/c13-11-6-4-10(5-7-11)9-16(15-17)12-3-1-2-8-14-12/h1-8H,9H2. The summed E-state index contributed by atoms with van der Waals surface area (Å²) >= 11 is 5.79. The fourth-order valence-electron chi connectivity index (χ4n) is 1.42. The van der Waals surface area contributed by atoms with Crippen molar-refractivity contribution in [2.24, 2.45) is 5.29 Å². The van der Waals surface area contributed by atoms with Crippen LogP contribution in [0.25, 0.3) is 0 Å². The monoisotopic (exact) mass is 247 g/mol. The van der Waals surface area contributed by atoms with E-state index in [1.807, 2.05) is 18.2 Å². The largest absolute Gasteiger partial charge is 0.237 e. The van der Waals surface area contributed by atoms with E-state index in [1.54, 1.807) is 30.5 Å². The van der Waals surface area contributed by atoms with Gasteiger partial charge in [0.05, 0.1) is 11.8 Å². The van der Waals surface area contributed by atoms with Gasteiger partial charge in [-0.1, -0.05) is 29.8 Å². The maximum Gasteiger partial charge on any atom is 0.152 e. The highest BCUT2D eigenvalue weighted by molar-refractivity contribution is 6.30. The molecule has 5 heteroatoms. The van der Waals surface area contributed by atoms with Crippen molar-refractivity contribution in [1.29, 1.82) is 0 Å². The van der Waals surface area contributed by atoms with Crippen molar-refractivity contribution in [2.45, 2.75) is 6.54 Å². The fourth-order valence-corrected chi connectivity index (χ4v) is 1.55. The van der Waals surface area contributed by atoms with E-state index in [0.29, 0.717) is 17.4 Å². The summed E-state index contributed by atoms with van der Waals surface area (Å²) in [6.45, 7) is 0.373. The second-order valence-electron chi connectivity index (χ2n) is 3.45. The molecule has 0 aliphatic heterocycles. The summed E-state index contributed by atoms with van der Waals surface area (Å²) in [5.74, 6) is 0.525. The summed E-state index contributed by atoms with van der Waals surface area (Å²) in [5, 5.41) is 4.92. The lowest BCUT2D eigenvalue weighted by atomic mass is 10.2. The molecule has 0 unspecified atom stereocenters. The summed E-state index contributed by atoms with van der Waals surface area (Å²) in [7, 11) is 0. The zero-order valence-corrected chi connectivity index (χ0v) is 9.71. The first-order chi connectivity index (χ1) is 8.29. The number of hydrogen-bond donors (Lipinski definition) is 0. The fraction of sp³-hybridized carbons (Fsp3) is 0.0833. The predicted molar refractivity (Wildman–Crippen MR) is 67.7 cm³/mol. The minimum atomic E-state index is 0.373. The Morgan fingerprint density at radius 3 is 2.53 bits per heavy atom. The Morgan fingerprint density at radius 1 is 1.18 bits per heavy atom. The molecule has 0 bridgehead atoms. The molecular formula is C12H10ClN3O. The van der Waals surface area contributed by atoms with Crippen LogP contribution in [0.3, 0.4) is 0 Å². The number of nitroso groups, excluding NO2 is 1. The maximum atomic E-state index is 10.8. The number of rotatable bonds is 4. The molecule has 86 valence electrons. The molecule has 0 saturated carbocycles. The Labute approximate surface area is 104 Å². The summed E-state index contributed by atoms with van der Waals surface area (Å²) in [5.41, 5.74) is 0.944. The van der Waals surface area contributed by atoms with Crippen LogP contribution in [0, 0.1) is 4.91 Å². The maximum absolute atomic E-state index is 10.8. The zero-order chi connectivity index (χ0) is 12.1. The molecule has 0 atom stereocenters. The number of halogens is 1. The van der Waals surface area contributed by atoms with Gasteiger partial charge in [0.2, 0.25) is 0 Å². The SMILES string of the molecule is O=NN(Cc1ccc(Cl)cc1)c1ccccn1. The lowest BCUT2D eigenvalue weighted by Crippen LogP contribution is -2.15. The minimum absolute atomic E-state index is 0.373. The first kappa shape index (κ1) is 11.5. The Bertz CT molecular complexity index is 487. The molecule has 1 heterocycles. The quantitative estimate of drug-likeness (QED) is 0.614. The van der Waals surface area contributed by atoms with E-state index in [2.05, 4.69) is 10.3 Å². The third-order valence-corrected chi connectivity index (χ3v) is 2.51. The molecule has 0 radical (unpaired) electrons. The average Bonchev–Trinajstić information content (AvgIpc) is 2.39. The third-order valence-electron chi connectivity index (χ3n) is 2.26. The Morgan fingerprint density at radius 2 is 1.94 bits per heavy atom. The van der Waals surface area contributed by atoms with Crippen LogP contribution >= 0.6 is 11.6 Å². The first-order valence-electron chi connectivity index (χ1n) is 5.06. The van der Waals surface area contributed by atoms with Gasteiger partial charge in [-0.15, -0.1) is 4.91 Å². The second-order valence-corrected chi connectivity index (χ2v) is 3.89. The number of hydrogen-bond acceptors (Lipinski definition) is 3. The van der Waals surface area contributed by atoms with Crippen molar-refractivity contribution in [2.75, 3.05) is 5.01 Å². The van der Waals surface area contributed by atoms with Gasteiger partial charge in [-0.05, 0) is 29.8 Å². The summed E-state index contributed by atoms with van der Waals surface area (Å²) < 4.78 is 0. The number of anilines is 1. The van der Waals surface area contributed by atoms with Crippen molar-refractivity contribution in [3.63, 3.8) is 0 Å². The van der Waals surface area contributed by atoms with Crippen LogP contribution in [0.15, 0.2) is 53.9 Å². The molecule has 0 aliphatic carbocycles. The van der Waals surface area contributed by atoms with Crippen LogP contribution in [0.4, 0.5) is 5.82 Å².